The molecule has 2 aromatic carbocycles. The lowest BCUT2D eigenvalue weighted by Gasteiger charge is -2.44. The number of rotatable bonds is 5. The molecule has 1 aromatic heterocycles. The molecule has 36 heavy (non-hydrogen) atoms. The second-order valence-electron chi connectivity index (χ2n) is 9.60. The predicted octanol–water partition coefficient (Wildman–Crippen LogP) is 2.14. The molecule has 1 saturated heterocycles. The number of imidazole rings is 1. The highest BCUT2D eigenvalue weighted by molar-refractivity contribution is 5.98. The summed E-state index contributed by atoms with van der Waals surface area (Å²) in [6.07, 6.45) is 4.68. The Morgan fingerprint density at radius 1 is 1.08 bits per heavy atom. The zero-order valence-corrected chi connectivity index (χ0v) is 20.0. The van der Waals surface area contributed by atoms with Crippen LogP contribution in [0.15, 0.2) is 54.9 Å². The summed E-state index contributed by atoms with van der Waals surface area (Å²) in [5, 5.41) is 6.66. The van der Waals surface area contributed by atoms with Gasteiger partial charge in [-0.25, -0.2) is 4.98 Å². The van der Waals surface area contributed by atoms with E-state index in [9.17, 15) is 9.59 Å². The number of H-pyrrole nitrogens is 1. The average molecular weight is 488 g/mol. The molecule has 0 aliphatic carbocycles. The summed E-state index contributed by atoms with van der Waals surface area (Å²) in [6.45, 7) is 2.23. The Morgan fingerprint density at radius 2 is 1.89 bits per heavy atom. The number of piperidine rings is 1. The maximum Gasteiger partial charge on any atom is 0.252 e. The number of ether oxygens (including phenoxy) is 2. The summed E-state index contributed by atoms with van der Waals surface area (Å²) < 4.78 is 10.8. The third-order valence-electron chi connectivity index (χ3n) is 7.46. The number of nitrogens with zero attached hydrogens (tertiary/aromatic N) is 2. The number of amides is 2. The molecule has 3 aliphatic heterocycles. The molecule has 3 aliphatic rings. The van der Waals surface area contributed by atoms with Gasteiger partial charge in [0.25, 0.3) is 5.91 Å². The highest BCUT2D eigenvalue weighted by atomic mass is 16.7. The number of benzene rings is 2. The quantitative estimate of drug-likeness (QED) is 0.509. The summed E-state index contributed by atoms with van der Waals surface area (Å²) in [5.74, 6) is 0.766. The molecule has 9 nitrogen and oxygen atoms in total. The maximum atomic E-state index is 13.7. The van der Waals surface area contributed by atoms with Crippen molar-refractivity contribution in [3.63, 3.8) is 0 Å². The Labute approximate surface area is 209 Å². The Morgan fingerprint density at radius 3 is 2.72 bits per heavy atom. The SMILES string of the molecule is O=C(N[C@H](Cc1ccccc1)C(=O)N1CCC2(CC1)NCCc1[nH]cnc12)c1ccc2c(c1)OCO2. The maximum absolute atomic E-state index is 13.7. The van der Waals surface area contributed by atoms with Crippen LogP contribution < -0.4 is 20.1 Å². The first-order valence-corrected chi connectivity index (χ1v) is 12.4. The molecular formula is C27H29N5O4. The van der Waals surface area contributed by atoms with Crippen molar-refractivity contribution in [2.75, 3.05) is 26.4 Å². The minimum Gasteiger partial charge on any atom is -0.454 e. The fourth-order valence-corrected chi connectivity index (χ4v) is 5.51. The van der Waals surface area contributed by atoms with Crippen molar-refractivity contribution >= 4 is 11.8 Å². The normalized spacial score (nSPS) is 18.5. The van der Waals surface area contributed by atoms with E-state index in [0.29, 0.717) is 36.6 Å². The number of aromatic nitrogens is 2. The first-order chi connectivity index (χ1) is 17.6. The molecule has 6 rings (SSSR count). The van der Waals surface area contributed by atoms with Crippen LogP contribution in [-0.4, -0.2) is 59.2 Å². The van der Waals surface area contributed by atoms with Crippen LogP contribution in [0, 0.1) is 0 Å². The molecule has 0 saturated carbocycles. The monoisotopic (exact) mass is 487 g/mol. The lowest BCUT2D eigenvalue weighted by Crippen LogP contribution is -2.58. The van der Waals surface area contributed by atoms with Crippen LogP contribution >= 0.6 is 0 Å². The molecule has 0 radical (unpaired) electrons. The zero-order chi connectivity index (χ0) is 24.5. The lowest BCUT2D eigenvalue weighted by molar-refractivity contribution is -0.135. The third kappa shape index (κ3) is 4.19. The van der Waals surface area contributed by atoms with Crippen LogP contribution in [0.3, 0.4) is 0 Å². The van der Waals surface area contributed by atoms with Gasteiger partial charge in [-0.2, -0.15) is 0 Å². The fourth-order valence-electron chi connectivity index (χ4n) is 5.51. The van der Waals surface area contributed by atoms with E-state index in [4.69, 9.17) is 9.47 Å². The number of likely N-dealkylation sites (tertiary alicyclic amines) is 1. The standard InChI is InChI=1S/C27H29N5O4/c33-25(19-6-7-22-23(15-19)36-17-35-22)31-21(14-18-4-2-1-3-5-18)26(34)32-12-9-27(10-13-32)24-20(8-11-30-27)28-16-29-24/h1-7,15-16,21,30H,8-14,17H2,(H,28,29)(H,31,33)/t21-/m1/s1. The van der Waals surface area contributed by atoms with E-state index in [2.05, 4.69) is 20.6 Å². The number of fused-ring (bicyclic) bond motifs is 3. The van der Waals surface area contributed by atoms with Crippen molar-refractivity contribution in [2.45, 2.75) is 37.3 Å². The van der Waals surface area contributed by atoms with E-state index in [1.54, 1.807) is 24.5 Å². The van der Waals surface area contributed by atoms with Crippen molar-refractivity contribution in [2.24, 2.45) is 0 Å². The van der Waals surface area contributed by atoms with Gasteiger partial charge < -0.3 is 30.0 Å². The summed E-state index contributed by atoms with van der Waals surface area (Å²) in [7, 11) is 0. The third-order valence-corrected chi connectivity index (χ3v) is 7.46. The van der Waals surface area contributed by atoms with Gasteiger partial charge in [-0.1, -0.05) is 30.3 Å². The van der Waals surface area contributed by atoms with Gasteiger partial charge in [-0.05, 0) is 36.6 Å². The summed E-state index contributed by atoms with van der Waals surface area (Å²) in [5.41, 5.74) is 3.49. The minimum atomic E-state index is -0.681. The predicted molar refractivity (Wildman–Crippen MR) is 132 cm³/mol. The largest absolute Gasteiger partial charge is 0.454 e. The minimum absolute atomic E-state index is 0.0687. The Bertz CT molecular complexity index is 1270. The molecule has 9 heteroatoms. The van der Waals surface area contributed by atoms with E-state index in [0.717, 1.165) is 37.1 Å². The number of hydrogen-bond donors (Lipinski definition) is 3. The van der Waals surface area contributed by atoms with Crippen molar-refractivity contribution in [1.29, 1.82) is 0 Å². The summed E-state index contributed by atoms with van der Waals surface area (Å²) >= 11 is 0. The van der Waals surface area contributed by atoms with Gasteiger partial charge in [0.05, 0.1) is 17.6 Å². The van der Waals surface area contributed by atoms with Gasteiger partial charge in [0.1, 0.15) is 6.04 Å². The average Bonchev–Trinajstić information content (AvgIpc) is 3.59. The van der Waals surface area contributed by atoms with E-state index in [1.165, 1.54) is 5.69 Å². The van der Waals surface area contributed by atoms with Crippen molar-refractivity contribution in [3.8, 4) is 11.5 Å². The molecule has 3 aromatic rings. The van der Waals surface area contributed by atoms with Gasteiger partial charge in [0.15, 0.2) is 11.5 Å². The molecule has 3 N–H and O–H groups in total. The fraction of sp³-hybridized carbons (Fsp3) is 0.370. The molecule has 4 heterocycles. The van der Waals surface area contributed by atoms with Crippen molar-refractivity contribution in [1.82, 2.24) is 25.5 Å². The summed E-state index contributed by atoms with van der Waals surface area (Å²) in [4.78, 5) is 36.7. The molecule has 0 unspecified atom stereocenters. The van der Waals surface area contributed by atoms with Gasteiger partial charge in [-0.3, -0.25) is 9.59 Å². The van der Waals surface area contributed by atoms with E-state index < -0.39 is 6.04 Å². The van der Waals surface area contributed by atoms with Gasteiger partial charge >= 0.3 is 0 Å². The molecule has 1 spiro atoms. The summed E-state index contributed by atoms with van der Waals surface area (Å²) in [6, 6.07) is 14.2. The number of carbonyl (C=O) groups excluding carboxylic acids is 2. The van der Waals surface area contributed by atoms with E-state index in [-0.39, 0.29) is 24.1 Å². The number of nitrogens with one attached hydrogen (secondary N) is 3. The number of aromatic amines is 1. The van der Waals surface area contributed by atoms with Crippen LogP contribution in [-0.2, 0) is 23.2 Å². The number of carbonyl (C=O) groups is 2. The molecule has 1 fully saturated rings. The van der Waals surface area contributed by atoms with Gasteiger partial charge in [-0.15, -0.1) is 0 Å². The highest BCUT2D eigenvalue weighted by Crippen LogP contribution is 2.36. The highest BCUT2D eigenvalue weighted by Gasteiger charge is 2.43. The zero-order valence-electron chi connectivity index (χ0n) is 20.0. The van der Waals surface area contributed by atoms with Gasteiger partial charge in [0, 0.05) is 43.7 Å². The van der Waals surface area contributed by atoms with Crippen molar-refractivity contribution < 1.29 is 19.1 Å². The second-order valence-corrected chi connectivity index (χ2v) is 9.60. The van der Waals surface area contributed by atoms with Crippen molar-refractivity contribution in [3.05, 3.63) is 77.4 Å². The van der Waals surface area contributed by atoms with E-state index >= 15 is 0 Å². The number of hydrogen-bond acceptors (Lipinski definition) is 6. The Kier molecular flexibility index (Phi) is 5.85. The van der Waals surface area contributed by atoms with Gasteiger partial charge in [0.2, 0.25) is 12.7 Å². The molecule has 186 valence electrons. The first kappa shape index (κ1) is 22.6. The second kappa shape index (κ2) is 9.31. The molecular weight excluding hydrogens is 458 g/mol. The van der Waals surface area contributed by atoms with Crippen LogP contribution in [0.2, 0.25) is 0 Å². The Hall–Kier alpha value is -3.85. The smallest absolute Gasteiger partial charge is 0.252 e. The molecule has 1 atom stereocenters. The van der Waals surface area contributed by atoms with Crippen LogP contribution in [0.5, 0.6) is 11.5 Å². The van der Waals surface area contributed by atoms with Crippen LogP contribution in [0.25, 0.3) is 0 Å². The molecule has 2 amide bonds. The Balaban J connectivity index is 1.19. The van der Waals surface area contributed by atoms with E-state index in [1.807, 2.05) is 35.2 Å². The first-order valence-electron chi connectivity index (χ1n) is 12.4. The lowest BCUT2D eigenvalue weighted by atomic mass is 9.80. The van der Waals surface area contributed by atoms with Crippen LogP contribution in [0.1, 0.15) is 40.2 Å². The topological polar surface area (TPSA) is 109 Å². The molecule has 0 bridgehead atoms. The van der Waals surface area contributed by atoms with Crippen LogP contribution in [0.4, 0.5) is 0 Å².